The molecule has 0 aromatic heterocycles. The number of carbonyl (C=O) groups is 2. The van der Waals surface area contributed by atoms with Gasteiger partial charge in [-0.05, 0) is 61.2 Å². The highest BCUT2D eigenvalue weighted by Crippen LogP contribution is 2.29. The predicted octanol–water partition coefficient (Wildman–Crippen LogP) is 3.27. The summed E-state index contributed by atoms with van der Waals surface area (Å²) in [6.45, 7) is 6.38. The van der Waals surface area contributed by atoms with Crippen molar-refractivity contribution < 1.29 is 14.3 Å². The minimum Gasteiger partial charge on any atom is -0.490 e. The number of carbonyl (C=O) groups excluding carboxylic acids is 2. The highest BCUT2D eigenvalue weighted by molar-refractivity contribution is 6.03. The van der Waals surface area contributed by atoms with Gasteiger partial charge in [0.25, 0.3) is 0 Å². The molecular weight excluding hydrogens is 328 g/mol. The summed E-state index contributed by atoms with van der Waals surface area (Å²) in [5.74, 6) is 0.307. The van der Waals surface area contributed by atoms with Crippen LogP contribution in [0.3, 0.4) is 0 Å². The van der Waals surface area contributed by atoms with Crippen LogP contribution in [0.1, 0.15) is 35.6 Å². The van der Waals surface area contributed by atoms with Gasteiger partial charge in [0.2, 0.25) is 11.8 Å². The second kappa shape index (κ2) is 7.60. The van der Waals surface area contributed by atoms with E-state index in [1.165, 1.54) is 0 Å². The summed E-state index contributed by atoms with van der Waals surface area (Å²) in [6, 6.07) is 11.7. The predicted molar refractivity (Wildman–Crippen MR) is 101 cm³/mol. The van der Waals surface area contributed by atoms with Gasteiger partial charge in [-0.15, -0.1) is 0 Å². The molecule has 0 saturated carbocycles. The number of amides is 2. The smallest absolute Gasteiger partial charge is 0.233 e. The van der Waals surface area contributed by atoms with Crippen molar-refractivity contribution in [2.45, 2.75) is 46.3 Å². The molecule has 2 aromatic rings. The van der Waals surface area contributed by atoms with Gasteiger partial charge in [0.15, 0.2) is 0 Å². The first kappa shape index (κ1) is 18.0. The Hall–Kier alpha value is -2.82. The average Bonchev–Trinajstić information content (AvgIpc) is 2.91. The van der Waals surface area contributed by atoms with E-state index in [2.05, 4.69) is 16.7 Å². The summed E-state index contributed by atoms with van der Waals surface area (Å²) in [4.78, 5) is 24.1. The number of hydrogen-bond acceptors (Lipinski definition) is 3. The van der Waals surface area contributed by atoms with Crippen molar-refractivity contribution in [3.63, 3.8) is 0 Å². The molecular formula is C21H24N2O3. The lowest BCUT2D eigenvalue weighted by Gasteiger charge is -2.09. The number of ether oxygens (including phenoxy) is 1. The van der Waals surface area contributed by atoms with E-state index in [0.29, 0.717) is 12.2 Å². The van der Waals surface area contributed by atoms with E-state index < -0.39 is 0 Å². The molecule has 5 nitrogen and oxygen atoms in total. The molecule has 1 atom stereocenters. The van der Waals surface area contributed by atoms with Gasteiger partial charge in [-0.1, -0.05) is 18.2 Å². The third-order valence-corrected chi connectivity index (χ3v) is 4.28. The van der Waals surface area contributed by atoms with E-state index in [0.717, 1.165) is 34.4 Å². The van der Waals surface area contributed by atoms with Crippen LogP contribution in [-0.2, 0) is 22.6 Å². The Morgan fingerprint density at radius 3 is 2.54 bits per heavy atom. The number of fused-ring (bicyclic) bond motifs is 1. The molecule has 0 fully saturated rings. The fourth-order valence-corrected chi connectivity index (χ4v) is 3.25. The first-order chi connectivity index (χ1) is 12.4. The third kappa shape index (κ3) is 4.63. The molecule has 1 heterocycles. The van der Waals surface area contributed by atoms with E-state index in [-0.39, 0.29) is 24.3 Å². The number of anilines is 1. The number of benzene rings is 2. The molecule has 2 aromatic carbocycles. The standard InChI is InChI=1S/C21H24N2O3/c1-13-6-14(2)8-18(7-13)23-21(25)11-20(24)22-12-16-4-5-19-17(10-16)9-15(3)26-19/h4-8,10,15H,9,11-12H2,1-3H3,(H,22,24)(H,23,25). The third-order valence-electron chi connectivity index (χ3n) is 4.28. The Morgan fingerprint density at radius 1 is 1.08 bits per heavy atom. The van der Waals surface area contributed by atoms with Crippen LogP contribution in [0.2, 0.25) is 0 Å². The molecule has 0 aliphatic carbocycles. The maximum absolute atomic E-state index is 12.1. The Morgan fingerprint density at radius 2 is 1.81 bits per heavy atom. The van der Waals surface area contributed by atoms with Crippen molar-refractivity contribution in [3.05, 3.63) is 58.7 Å². The van der Waals surface area contributed by atoms with Crippen LogP contribution in [0.15, 0.2) is 36.4 Å². The van der Waals surface area contributed by atoms with Gasteiger partial charge >= 0.3 is 0 Å². The molecule has 3 rings (SSSR count). The molecule has 136 valence electrons. The van der Waals surface area contributed by atoms with Crippen LogP contribution in [0, 0.1) is 13.8 Å². The summed E-state index contributed by atoms with van der Waals surface area (Å²) >= 11 is 0. The van der Waals surface area contributed by atoms with E-state index in [1.807, 2.05) is 51.1 Å². The molecule has 2 N–H and O–H groups in total. The van der Waals surface area contributed by atoms with Crippen LogP contribution >= 0.6 is 0 Å². The number of hydrogen-bond donors (Lipinski definition) is 2. The summed E-state index contributed by atoms with van der Waals surface area (Å²) in [6.07, 6.45) is 0.886. The van der Waals surface area contributed by atoms with Gasteiger partial charge in [-0.3, -0.25) is 9.59 Å². The van der Waals surface area contributed by atoms with E-state index in [9.17, 15) is 9.59 Å². The quantitative estimate of drug-likeness (QED) is 0.812. The minimum atomic E-state index is -0.316. The van der Waals surface area contributed by atoms with Crippen molar-refractivity contribution >= 4 is 17.5 Å². The molecule has 5 heteroatoms. The number of aryl methyl sites for hydroxylation is 2. The molecule has 0 bridgehead atoms. The SMILES string of the molecule is Cc1cc(C)cc(NC(=O)CC(=O)NCc2ccc3c(c2)CC(C)O3)c1. The summed E-state index contributed by atoms with van der Waals surface area (Å²) in [5, 5.41) is 5.58. The minimum absolute atomic E-state index is 0.196. The summed E-state index contributed by atoms with van der Waals surface area (Å²) in [5.41, 5.74) is 5.02. The lowest BCUT2D eigenvalue weighted by molar-refractivity contribution is -0.126. The maximum atomic E-state index is 12.1. The molecule has 0 spiro atoms. The monoisotopic (exact) mass is 352 g/mol. The van der Waals surface area contributed by atoms with Crippen molar-refractivity contribution in [2.75, 3.05) is 5.32 Å². The highest BCUT2D eigenvalue weighted by Gasteiger charge is 2.19. The first-order valence-corrected chi connectivity index (χ1v) is 8.82. The Balaban J connectivity index is 1.49. The Labute approximate surface area is 153 Å². The molecule has 0 radical (unpaired) electrons. The van der Waals surface area contributed by atoms with Crippen LogP contribution < -0.4 is 15.4 Å². The number of nitrogens with one attached hydrogen (secondary N) is 2. The zero-order valence-corrected chi connectivity index (χ0v) is 15.4. The molecule has 26 heavy (non-hydrogen) atoms. The van der Waals surface area contributed by atoms with Gasteiger partial charge in [0.05, 0.1) is 0 Å². The van der Waals surface area contributed by atoms with Gasteiger partial charge in [0, 0.05) is 18.7 Å². The van der Waals surface area contributed by atoms with Crippen LogP contribution in [0.4, 0.5) is 5.69 Å². The molecule has 1 unspecified atom stereocenters. The first-order valence-electron chi connectivity index (χ1n) is 8.82. The highest BCUT2D eigenvalue weighted by atomic mass is 16.5. The van der Waals surface area contributed by atoms with E-state index in [4.69, 9.17) is 4.74 Å². The Kier molecular flexibility index (Phi) is 5.26. The lowest BCUT2D eigenvalue weighted by Crippen LogP contribution is -2.27. The van der Waals surface area contributed by atoms with Crippen molar-refractivity contribution in [2.24, 2.45) is 0 Å². The average molecular weight is 352 g/mol. The normalized spacial score (nSPS) is 15.1. The van der Waals surface area contributed by atoms with Crippen molar-refractivity contribution in [1.29, 1.82) is 0 Å². The molecule has 2 amide bonds. The van der Waals surface area contributed by atoms with Crippen LogP contribution in [0.5, 0.6) is 5.75 Å². The maximum Gasteiger partial charge on any atom is 0.233 e. The lowest BCUT2D eigenvalue weighted by atomic mass is 10.1. The van der Waals surface area contributed by atoms with Crippen LogP contribution in [0.25, 0.3) is 0 Å². The van der Waals surface area contributed by atoms with Gasteiger partial charge in [-0.25, -0.2) is 0 Å². The second-order valence-corrected chi connectivity index (χ2v) is 6.95. The summed E-state index contributed by atoms with van der Waals surface area (Å²) < 4.78 is 5.67. The summed E-state index contributed by atoms with van der Waals surface area (Å²) in [7, 11) is 0. The zero-order chi connectivity index (χ0) is 18.7. The molecule has 1 aliphatic rings. The zero-order valence-electron chi connectivity index (χ0n) is 15.4. The van der Waals surface area contributed by atoms with E-state index in [1.54, 1.807) is 0 Å². The molecule has 0 saturated heterocycles. The van der Waals surface area contributed by atoms with Gasteiger partial charge in [0.1, 0.15) is 18.3 Å². The van der Waals surface area contributed by atoms with Gasteiger partial charge < -0.3 is 15.4 Å². The van der Waals surface area contributed by atoms with Crippen LogP contribution in [-0.4, -0.2) is 17.9 Å². The second-order valence-electron chi connectivity index (χ2n) is 6.95. The van der Waals surface area contributed by atoms with Gasteiger partial charge in [-0.2, -0.15) is 0 Å². The topological polar surface area (TPSA) is 67.4 Å². The fraction of sp³-hybridized carbons (Fsp3) is 0.333. The largest absolute Gasteiger partial charge is 0.490 e. The van der Waals surface area contributed by atoms with Crippen molar-refractivity contribution in [3.8, 4) is 5.75 Å². The van der Waals surface area contributed by atoms with E-state index >= 15 is 0 Å². The molecule has 1 aliphatic heterocycles. The Bertz CT molecular complexity index is 825. The number of rotatable bonds is 5. The van der Waals surface area contributed by atoms with Crippen molar-refractivity contribution in [1.82, 2.24) is 5.32 Å². The fourth-order valence-electron chi connectivity index (χ4n) is 3.25.